The highest BCUT2D eigenvalue weighted by Crippen LogP contribution is 2.34. The maximum atomic E-state index is 12.9. The SMILES string of the molecule is O=C(Cc1ccncc1)c1ccc(Br)cc1C(F)(F)F. The number of Topliss-reactive ketones (excluding diaryl/α,β-unsaturated/α-hetero) is 1. The molecule has 0 radical (unpaired) electrons. The van der Waals surface area contributed by atoms with Gasteiger partial charge in [-0.2, -0.15) is 13.2 Å². The molecule has 0 atom stereocenters. The molecule has 0 aliphatic carbocycles. The lowest BCUT2D eigenvalue weighted by Crippen LogP contribution is -2.14. The van der Waals surface area contributed by atoms with Crippen LogP contribution in [-0.4, -0.2) is 10.8 Å². The molecular weight excluding hydrogens is 335 g/mol. The lowest BCUT2D eigenvalue weighted by atomic mass is 9.98. The van der Waals surface area contributed by atoms with Gasteiger partial charge in [0.25, 0.3) is 0 Å². The molecule has 1 heterocycles. The molecule has 0 saturated carbocycles. The quantitative estimate of drug-likeness (QED) is 0.778. The molecule has 20 heavy (non-hydrogen) atoms. The van der Waals surface area contributed by atoms with Crippen molar-refractivity contribution >= 4 is 21.7 Å². The topological polar surface area (TPSA) is 30.0 Å². The summed E-state index contributed by atoms with van der Waals surface area (Å²) in [6, 6.07) is 6.74. The van der Waals surface area contributed by atoms with Crippen LogP contribution >= 0.6 is 15.9 Å². The second kappa shape index (κ2) is 5.75. The standard InChI is InChI=1S/C14H9BrF3NO/c15-10-1-2-11(12(8-10)14(16,17)18)13(20)7-9-3-5-19-6-4-9/h1-6,8H,7H2. The minimum atomic E-state index is -4.56. The minimum Gasteiger partial charge on any atom is -0.294 e. The average molecular weight is 344 g/mol. The number of benzene rings is 1. The molecule has 0 aliphatic rings. The fourth-order valence-corrected chi connectivity index (χ4v) is 2.14. The van der Waals surface area contributed by atoms with E-state index in [1.807, 2.05) is 0 Å². The second-order valence-corrected chi connectivity index (χ2v) is 5.06. The van der Waals surface area contributed by atoms with Crippen LogP contribution in [0.4, 0.5) is 13.2 Å². The van der Waals surface area contributed by atoms with E-state index in [-0.39, 0.29) is 16.5 Å². The highest BCUT2D eigenvalue weighted by atomic mass is 79.9. The van der Waals surface area contributed by atoms with E-state index in [0.29, 0.717) is 5.56 Å². The van der Waals surface area contributed by atoms with Crippen LogP contribution in [0.15, 0.2) is 47.2 Å². The summed E-state index contributed by atoms with van der Waals surface area (Å²) in [5, 5.41) is 0. The van der Waals surface area contributed by atoms with E-state index < -0.39 is 17.5 Å². The zero-order valence-corrected chi connectivity index (χ0v) is 11.7. The van der Waals surface area contributed by atoms with E-state index in [2.05, 4.69) is 20.9 Å². The van der Waals surface area contributed by atoms with Crippen molar-refractivity contribution in [2.45, 2.75) is 12.6 Å². The van der Waals surface area contributed by atoms with Crippen molar-refractivity contribution < 1.29 is 18.0 Å². The van der Waals surface area contributed by atoms with Gasteiger partial charge in [-0.1, -0.05) is 15.9 Å². The number of rotatable bonds is 3. The van der Waals surface area contributed by atoms with Gasteiger partial charge in [0.1, 0.15) is 0 Å². The van der Waals surface area contributed by atoms with Gasteiger partial charge in [-0.25, -0.2) is 0 Å². The molecule has 1 aromatic carbocycles. The van der Waals surface area contributed by atoms with E-state index in [1.165, 1.54) is 24.5 Å². The molecule has 1 aromatic heterocycles. The van der Waals surface area contributed by atoms with Crippen LogP contribution in [0.2, 0.25) is 0 Å². The maximum Gasteiger partial charge on any atom is 0.417 e. The number of hydrogen-bond acceptors (Lipinski definition) is 2. The van der Waals surface area contributed by atoms with Crippen molar-refractivity contribution in [1.82, 2.24) is 4.98 Å². The minimum absolute atomic E-state index is 0.0900. The summed E-state index contributed by atoms with van der Waals surface area (Å²) in [4.78, 5) is 15.9. The first-order chi connectivity index (χ1) is 9.38. The van der Waals surface area contributed by atoms with Gasteiger partial charge < -0.3 is 0 Å². The number of carbonyl (C=O) groups is 1. The summed E-state index contributed by atoms with van der Waals surface area (Å²) in [5.41, 5.74) is -0.621. The van der Waals surface area contributed by atoms with E-state index in [0.717, 1.165) is 6.07 Å². The van der Waals surface area contributed by atoms with Crippen molar-refractivity contribution in [3.63, 3.8) is 0 Å². The van der Waals surface area contributed by atoms with Crippen LogP contribution in [0.1, 0.15) is 21.5 Å². The van der Waals surface area contributed by atoms with Crippen LogP contribution in [0.3, 0.4) is 0 Å². The first kappa shape index (κ1) is 14.7. The largest absolute Gasteiger partial charge is 0.417 e. The lowest BCUT2D eigenvalue weighted by molar-refractivity contribution is -0.138. The third kappa shape index (κ3) is 3.45. The number of halogens is 4. The summed E-state index contributed by atoms with van der Waals surface area (Å²) < 4.78 is 39.1. The first-order valence-electron chi connectivity index (χ1n) is 5.67. The average Bonchev–Trinajstić information content (AvgIpc) is 2.38. The Balaban J connectivity index is 2.35. The Hall–Kier alpha value is -1.69. The third-order valence-electron chi connectivity index (χ3n) is 2.70. The van der Waals surface area contributed by atoms with Gasteiger partial charge >= 0.3 is 6.18 Å². The molecule has 2 aromatic rings. The number of aromatic nitrogens is 1. The Morgan fingerprint density at radius 2 is 1.80 bits per heavy atom. The molecule has 0 N–H and O–H groups in total. The molecule has 0 bridgehead atoms. The number of carbonyl (C=O) groups excluding carboxylic acids is 1. The van der Waals surface area contributed by atoms with Crippen molar-refractivity contribution in [3.8, 4) is 0 Å². The smallest absolute Gasteiger partial charge is 0.294 e. The molecule has 2 nitrogen and oxygen atoms in total. The van der Waals surface area contributed by atoms with Gasteiger partial charge in [-0.3, -0.25) is 9.78 Å². The highest BCUT2D eigenvalue weighted by molar-refractivity contribution is 9.10. The van der Waals surface area contributed by atoms with Gasteiger partial charge in [0.15, 0.2) is 5.78 Å². The Morgan fingerprint density at radius 3 is 2.40 bits per heavy atom. The van der Waals surface area contributed by atoms with Gasteiger partial charge in [0.05, 0.1) is 5.56 Å². The monoisotopic (exact) mass is 343 g/mol. The number of ketones is 1. The fraction of sp³-hybridized carbons (Fsp3) is 0.143. The second-order valence-electron chi connectivity index (χ2n) is 4.14. The fourth-order valence-electron chi connectivity index (χ4n) is 1.78. The van der Waals surface area contributed by atoms with Gasteiger partial charge in [-0.05, 0) is 35.9 Å². The Labute approximate surface area is 121 Å². The van der Waals surface area contributed by atoms with Gasteiger partial charge in [0, 0.05) is 28.9 Å². The van der Waals surface area contributed by atoms with Crippen molar-refractivity contribution in [2.24, 2.45) is 0 Å². The maximum absolute atomic E-state index is 12.9. The molecule has 0 unspecified atom stereocenters. The van der Waals surface area contributed by atoms with E-state index in [4.69, 9.17) is 0 Å². The Bertz CT molecular complexity index is 626. The zero-order chi connectivity index (χ0) is 14.8. The third-order valence-corrected chi connectivity index (χ3v) is 3.19. The zero-order valence-electron chi connectivity index (χ0n) is 10.1. The summed E-state index contributed by atoms with van der Waals surface area (Å²) >= 11 is 2.99. The summed E-state index contributed by atoms with van der Waals surface area (Å²) in [6.07, 6.45) is -1.66. The van der Waals surface area contributed by atoms with E-state index in [1.54, 1.807) is 12.1 Å². The summed E-state index contributed by atoms with van der Waals surface area (Å²) in [7, 11) is 0. The molecule has 0 spiro atoms. The Kier molecular flexibility index (Phi) is 4.23. The first-order valence-corrected chi connectivity index (χ1v) is 6.46. The van der Waals surface area contributed by atoms with Gasteiger partial charge in [-0.15, -0.1) is 0 Å². The lowest BCUT2D eigenvalue weighted by Gasteiger charge is -2.12. The van der Waals surface area contributed by atoms with Crippen molar-refractivity contribution in [1.29, 1.82) is 0 Å². The summed E-state index contributed by atoms with van der Waals surface area (Å²) in [6.45, 7) is 0. The van der Waals surface area contributed by atoms with E-state index in [9.17, 15) is 18.0 Å². The highest BCUT2D eigenvalue weighted by Gasteiger charge is 2.35. The number of hydrogen-bond donors (Lipinski definition) is 0. The van der Waals surface area contributed by atoms with Crippen LogP contribution in [-0.2, 0) is 12.6 Å². The number of alkyl halides is 3. The molecule has 6 heteroatoms. The molecule has 0 fully saturated rings. The molecule has 2 rings (SSSR count). The van der Waals surface area contributed by atoms with Crippen molar-refractivity contribution in [2.75, 3.05) is 0 Å². The molecule has 0 amide bonds. The van der Waals surface area contributed by atoms with E-state index >= 15 is 0 Å². The molecule has 104 valence electrons. The molecular formula is C14H9BrF3NO. The summed E-state index contributed by atoms with van der Waals surface area (Å²) in [5.74, 6) is -0.573. The molecule has 0 saturated heterocycles. The normalized spacial score (nSPS) is 11.4. The predicted molar refractivity (Wildman–Crippen MR) is 71.4 cm³/mol. The van der Waals surface area contributed by atoms with Crippen LogP contribution in [0.5, 0.6) is 0 Å². The van der Waals surface area contributed by atoms with Crippen LogP contribution in [0, 0.1) is 0 Å². The van der Waals surface area contributed by atoms with Crippen LogP contribution in [0.25, 0.3) is 0 Å². The van der Waals surface area contributed by atoms with Crippen molar-refractivity contribution in [3.05, 3.63) is 63.9 Å². The molecule has 0 aliphatic heterocycles. The Morgan fingerprint density at radius 1 is 1.15 bits per heavy atom. The van der Waals surface area contributed by atoms with Crippen LogP contribution < -0.4 is 0 Å². The number of pyridine rings is 1. The number of nitrogens with zero attached hydrogens (tertiary/aromatic N) is 1. The predicted octanol–water partition coefficient (Wildman–Crippen LogP) is 4.29. The van der Waals surface area contributed by atoms with Gasteiger partial charge in [0.2, 0.25) is 0 Å².